The highest BCUT2D eigenvalue weighted by atomic mass is 15.3. The number of hydrogen-bond acceptors (Lipinski definition) is 2. The third-order valence-electron chi connectivity index (χ3n) is 3.44. The Kier molecular flexibility index (Phi) is 4.33. The fourth-order valence-electron chi connectivity index (χ4n) is 2.23. The minimum atomic E-state index is 0.439. The van der Waals surface area contributed by atoms with Crippen molar-refractivity contribution >= 4 is 0 Å². The molecule has 86 valence electrons. The summed E-state index contributed by atoms with van der Waals surface area (Å²) in [5.41, 5.74) is 2.61. The van der Waals surface area contributed by atoms with Crippen molar-refractivity contribution in [1.82, 2.24) is 15.1 Å². The van der Waals surface area contributed by atoms with Crippen LogP contribution in [-0.2, 0) is 7.05 Å². The second kappa shape index (κ2) is 5.31. The van der Waals surface area contributed by atoms with E-state index in [1.807, 2.05) is 25.0 Å². The molecule has 1 heterocycles. The van der Waals surface area contributed by atoms with Crippen LogP contribution in [-0.4, -0.2) is 16.8 Å². The number of aromatic nitrogens is 2. The van der Waals surface area contributed by atoms with Crippen LogP contribution >= 0.6 is 0 Å². The van der Waals surface area contributed by atoms with Crippen molar-refractivity contribution in [1.29, 1.82) is 0 Å². The van der Waals surface area contributed by atoms with Crippen LogP contribution in [0.1, 0.15) is 44.0 Å². The normalized spacial score (nSPS) is 13.5. The van der Waals surface area contributed by atoms with Gasteiger partial charge in [-0.15, -0.1) is 0 Å². The first-order valence-electron chi connectivity index (χ1n) is 5.81. The molecule has 0 saturated heterocycles. The minimum Gasteiger partial charge on any atom is -0.313 e. The molecule has 1 rings (SSSR count). The van der Waals surface area contributed by atoms with Crippen molar-refractivity contribution in [2.24, 2.45) is 13.0 Å². The van der Waals surface area contributed by atoms with Crippen molar-refractivity contribution in [3.8, 4) is 0 Å². The monoisotopic (exact) mass is 209 g/mol. The van der Waals surface area contributed by atoms with Crippen molar-refractivity contribution in [2.75, 3.05) is 7.05 Å². The first kappa shape index (κ1) is 12.2. The number of nitrogens with one attached hydrogen (secondary N) is 1. The molecule has 0 aliphatic rings. The van der Waals surface area contributed by atoms with Gasteiger partial charge in [-0.25, -0.2) is 0 Å². The lowest BCUT2D eigenvalue weighted by Gasteiger charge is -2.24. The van der Waals surface area contributed by atoms with Gasteiger partial charge in [0.2, 0.25) is 0 Å². The highest BCUT2D eigenvalue weighted by molar-refractivity contribution is 5.21. The van der Waals surface area contributed by atoms with Gasteiger partial charge in [0.05, 0.1) is 6.20 Å². The minimum absolute atomic E-state index is 0.439. The zero-order chi connectivity index (χ0) is 11.4. The number of hydrogen-bond donors (Lipinski definition) is 1. The third kappa shape index (κ3) is 2.40. The smallest absolute Gasteiger partial charge is 0.0540 e. The van der Waals surface area contributed by atoms with Crippen LogP contribution in [0.3, 0.4) is 0 Å². The van der Waals surface area contributed by atoms with Gasteiger partial charge >= 0.3 is 0 Å². The lowest BCUT2D eigenvalue weighted by molar-refractivity contribution is 0.358. The zero-order valence-electron chi connectivity index (χ0n) is 10.5. The predicted molar refractivity (Wildman–Crippen MR) is 63.8 cm³/mol. The Labute approximate surface area is 92.9 Å². The molecule has 1 aromatic heterocycles. The summed E-state index contributed by atoms with van der Waals surface area (Å²) in [6.45, 7) is 6.64. The quantitative estimate of drug-likeness (QED) is 0.807. The van der Waals surface area contributed by atoms with E-state index in [0.29, 0.717) is 12.0 Å². The molecule has 0 spiro atoms. The van der Waals surface area contributed by atoms with Crippen LogP contribution in [0.4, 0.5) is 0 Å². The summed E-state index contributed by atoms with van der Waals surface area (Å²) < 4.78 is 1.95. The first-order valence-corrected chi connectivity index (χ1v) is 5.81. The second-order valence-electron chi connectivity index (χ2n) is 4.15. The second-order valence-corrected chi connectivity index (χ2v) is 4.15. The van der Waals surface area contributed by atoms with E-state index >= 15 is 0 Å². The van der Waals surface area contributed by atoms with Gasteiger partial charge in [-0.05, 0) is 19.9 Å². The molecule has 15 heavy (non-hydrogen) atoms. The van der Waals surface area contributed by atoms with Crippen molar-refractivity contribution in [3.05, 3.63) is 17.5 Å². The third-order valence-corrected chi connectivity index (χ3v) is 3.44. The summed E-state index contributed by atoms with van der Waals surface area (Å²) >= 11 is 0. The zero-order valence-corrected chi connectivity index (χ0v) is 10.5. The lowest BCUT2D eigenvalue weighted by Crippen LogP contribution is -2.25. The number of rotatable bonds is 5. The summed E-state index contributed by atoms with van der Waals surface area (Å²) in [6.07, 6.45) is 4.40. The maximum absolute atomic E-state index is 4.31. The molecular weight excluding hydrogens is 186 g/mol. The van der Waals surface area contributed by atoms with E-state index in [-0.39, 0.29) is 0 Å². The van der Waals surface area contributed by atoms with Crippen LogP contribution in [0, 0.1) is 12.8 Å². The largest absolute Gasteiger partial charge is 0.313 e. The standard InChI is InChI=1S/C12H23N3/c1-6-10(7-2)12(13-4)11-8-14-15(5)9(11)3/h8,10,12-13H,6-7H2,1-5H3. The molecule has 0 saturated carbocycles. The van der Waals surface area contributed by atoms with Gasteiger partial charge < -0.3 is 5.32 Å². The van der Waals surface area contributed by atoms with Gasteiger partial charge in [0, 0.05) is 24.3 Å². The number of nitrogens with zero attached hydrogens (tertiary/aromatic N) is 2. The Morgan fingerprint density at radius 2 is 2.00 bits per heavy atom. The van der Waals surface area contributed by atoms with Crippen LogP contribution in [0.2, 0.25) is 0 Å². The first-order chi connectivity index (χ1) is 7.15. The van der Waals surface area contributed by atoms with Gasteiger partial charge in [-0.2, -0.15) is 5.10 Å². The molecule has 3 heteroatoms. The van der Waals surface area contributed by atoms with Crippen molar-refractivity contribution in [3.63, 3.8) is 0 Å². The fraction of sp³-hybridized carbons (Fsp3) is 0.750. The lowest BCUT2D eigenvalue weighted by atomic mass is 9.89. The van der Waals surface area contributed by atoms with Gasteiger partial charge in [0.15, 0.2) is 0 Å². The molecule has 0 amide bonds. The van der Waals surface area contributed by atoms with Gasteiger partial charge in [0.25, 0.3) is 0 Å². The van der Waals surface area contributed by atoms with Gasteiger partial charge in [-0.1, -0.05) is 26.7 Å². The maximum atomic E-state index is 4.31. The average molecular weight is 209 g/mol. The Bertz CT molecular complexity index is 300. The Morgan fingerprint density at radius 1 is 1.40 bits per heavy atom. The Morgan fingerprint density at radius 3 is 2.33 bits per heavy atom. The summed E-state index contributed by atoms with van der Waals surface area (Å²) in [5.74, 6) is 0.692. The summed E-state index contributed by atoms with van der Waals surface area (Å²) in [4.78, 5) is 0. The molecular formula is C12H23N3. The van der Waals surface area contributed by atoms with E-state index < -0.39 is 0 Å². The van der Waals surface area contributed by atoms with E-state index in [2.05, 4.69) is 31.2 Å². The molecule has 0 bridgehead atoms. The number of aryl methyl sites for hydroxylation is 1. The summed E-state index contributed by atoms with van der Waals surface area (Å²) in [7, 11) is 4.04. The predicted octanol–water partition coefficient (Wildman–Crippen LogP) is 2.43. The van der Waals surface area contributed by atoms with Gasteiger partial charge in [0.1, 0.15) is 0 Å². The summed E-state index contributed by atoms with van der Waals surface area (Å²) in [5, 5.41) is 7.73. The maximum Gasteiger partial charge on any atom is 0.0540 e. The van der Waals surface area contributed by atoms with E-state index in [4.69, 9.17) is 0 Å². The molecule has 1 atom stereocenters. The SMILES string of the molecule is CCC(CC)C(NC)c1cnn(C)c1C. The van der Waals surface area contributed by atoms with E-state index in [1.165, 1.54) is 24.1 Å². The highest BCUT2D eigenvalue weighted by Crippen LogP contribution is 2.28. The van der Waals surface area contributed by atoms with Crippen LogP contribution in [0.25, 0.3) is 0 Å². The Hall–Kier alpha value is -0.830. The molecule has 0 radical (unpaired) electrons. The highest BCUT2D eigenvalue weighted by Gasteiger charge is 2.21. The van der Waals surface area contributed by atoms with Gasteiger partial charge in [-0.3, -0.25) is 4.68 Å². The molecule has 1 aromatic rings. The van der Waals surface area contributed by atoms with E-state index in [9.17, 15) is 0 Å². The molecule has 0 aliphatic carbocycles. The topological polar surface area (TPSA) is 29.9 Å². The summed E-state index contributed by atoms with van der Waals surface area (Å²) in [6, 6.07) is 0.439. The fourth-order valence-corrected chi connectivity index (χ4v) is 2.23. The molecule has 3 nitrogen and oxygen atoms in total. The Balaban J connectivity index is 2.96. The average Bonchev–Trinajstić information content (AvgIpc) is 2.57. The van der Waals surface area contributed by atoms with E-state index in [1.54, 1.807) is 0 Å². The van der Waals surface area contributed by atoms with E-state index in [0.717, 1.165) is 0 Å². The molecule has 0 aromatic carbocycles. The molecule has 1 unspecified atom stereocenters. The van der Waals surface area contributed by atoms with Crippen molar-refractivity contribution < 1.29 is 0 Å². The molecule has 1 N–H and O–H groups in total. The van der Waals surface area contributed by atoms with Crippen LogP contribution < -0.4 is 5.32 Å². The van der Waals surface area contributed by atoms with Crippen LogP contribution in [0.15, 0.2) is 6.20 Å². The molecule has 0 fully saturated rings. The molecule has 0 aliphatic heterocycles. The van der Waals surface area contributed by atoms with Crippen LogP contribution in [0.5, 0.6) is 0 Å². The van der Waals surface area contributed by atoms with Crippen molar-refractivity contribution in [2.45, 2.75) is 39.7 Å².